The van der Waals surface area contributed by atoms with Crippen molar-refractivity contribution in [2.45, 2.75) is 31.8 Å². The number of carbonyl (C=O) groups excluding carboxylic acids is 3. The molecule has 1 aliphatic rings. The van der Waals surface area contributed by atoms with E-state index < -0.39 is 35.8 Å². The molecular formula is C23H29N9O3. The number of pyridine rings is 1. The number of aromatic nitrogens is 5. The van der Waals surface area contributed by atoms with Crippen molar-refractivity contribution in [3.8, 4) is 0 Å². The predicted molar refractivity (Wildman–Crippen MR) is 128 cm³/mol. The van der Waals surface area contributed by atoms with Crippen molar-refractivity contribution in [3.05, 3.63) is 54.1 Å². The lowest BCUT2D eigenvalue weighted by Gasteiger charge is -2.45. The fourth-order valence-electron chi connectivity index (χ4n) is 4.25. The number of likely N-dealkylation sites (N-methyl/N-ethyl adjacent to an activating group) is 1. The molecular weight excluding hydrogens is 450 g/mol. The molecule has 0 saturated carbocycles. The third kappa shape index (κ3) is 4.72. The highest BCUT2D eigenvalue weighted by molar-refractivity contribution is 6.12. The first-order valence-electron chi connectivity index (χ1n) is 11.3. The van der Waals surface area contributed by atoms with Gasteiger partial charge < -0.3 is 11.1 Å². The van der Waals surface area contributed by atoms with Gasteiger partial charge in [-0.25, -0.2) is 9.78 Å². The number of carbonyl (C=O) groups is 3. The van der Waals surface area contributed by atoms with E-state index in [4.69, 9.17) is 5.73 Å². The van der Waals surface area contributed by atoms with E-state index in [0.717, 1.165) is 10.5 Å². The summed E-state index contributed by atoms with van der Waals surface area (Å²) in [5.74, 6) is -0.823. The van der Waals surface area contributed by atoms with Crippen molar-refractivity contribution in [1.82, 2.24) is 34.8 Å². The standard InChI is InChI=1S/C23H29N9O3/c1-5-16(17-7-10-29(2)27-17)26-23(35)32-20(22(34)31(4)19-8-11-30(3)28-19)15(21(32)33)12-14-6-9-25-18(24)13-14/h6-11,13,15-16,20H,5,12H2,1-4H3,(H2,24,25)(H,26,35)/t15-,16-,20+/m1/s1. The molecule has 3 aromatic rings. The molecule has 1 fully saturated rings. The number of anilines is 2. The first-order valence-corrected chi connectivity index (χ1v) is 11.3. The summed E-state index contributed by atoms with van der Waals surface area (Å²) < 4.78 is 3.22. The molecule has 3 N–H and O–H groups in total. The Morgan fingerprint density at radius 1 is 1.17 bits per heavy atom. The zero-order chi connectivity index (χ0) is 25.3. The van der Waals surface area contributed by atoms with Crippen molar-refractivity contribution in [2.75, 3.05) is 17.7 Å². The number of likely N-dealkylation sites (tertiary alicyclic amines) is 1. The third-order valence-electron chi connectivity index (χ3n) is 6.16. The van der Waals surface area contributed by atoms with Crippen LogP contribution in [-0.2, 0) is 30.1 Å². The molecule has 12 heteroatoms. The van der Waals surface area contributed by atoms with Crippen LogP contribution in [0.25, 0.3) is 0 Å². The molecule has 0 bridgehead atoms. The molecule has 0 aromatic carbocycles. The number of urea groups is 1. The van der Waals surface area contributed by atoms with Crippen molar-refractivity contribution < 1.29 is 14.4 Å². The molecule has 0 radical (unpaired) electrons. The lowest BCUT2D eigenvalue weighted by atomic mass is 9.81. The van der Waals surface area contributed by atoms with Crippen LogP contribution in [0.4, 0.5) is 16.4 Å². The van der Waals surface area contributed by atoms with Gasteiger partial charge in [0.05, 0.1) is 17.7 Å². The molecule has 4 rings (SSSR count). The summed E-state index contributed by atoms with van der Waals surface area (Å²) in [6.07, 6.45) is 5.86. The summed E-state index contributed by atoms with van der Waals surface area (Å²) in [5, 5.41) is 11.5. The third-order valence-corrected chi connectivity index (χ3v) is 6.16. The largest absolute Gasteiger partial charge is 0.384 e. The summed E-state index contributed by atoms with van der Waals surface area (Å²) in [7, 11) is 5.11. The Bertz CT molecular complexity index is 1250. The summed E-state index contributed by atoms with van der Waals surface area (Å²) in [4.78, 5) is 46.3. The minimum Gasteiger partial charge on any atom is -0.384 e. The fourth-order valence-corrected chi connectivity index (χ4v) is 4.25. The molecule has 0 unspecified atom stereocenters. The number of aryl methyl sites for hydroxylation is 2. The second kappa shape index (κ2) is 9.57. The van der Waals surface area contributed by atoms with Gasteiger partial charge in [-0.2, -0.15) is 10.2 Å². The smallest absolute Gasteiger partial charge is 0.325 e. The number of imide groups is 1. The van der Waals surface area contributed by atoms with Gasteiger partial charge in [0.2, 0.25) is 5.91 Å². The van der Waals surface area contributed by atoms with Gasteiger partial charge in [-0.3, -0.25) is 28.8 Å². The van der Waals surface area contributed by atoms with Gasteiger partial charge in [0, 0.05) is 45.8 Å². The minimum absolute atomic E-state index is 0.249. The highest BCUT2D eigenvalue weighted by Gasteiger charge is 2.55. The van der Waals surface area contributed by atoms with Crippen LogP contribution < -0.4 is 16.0 Å². The van der Waals surface area contributed by atoms with Crippen LogP contribution in [0.15, 0.2) is 42.9 Å². The first kappa shape index (κ1) is 23.9. The summed E-state index contributed by atoms with van der Waals surface area (Å²) in [5.41, 5.74) is 7.22. The number of nitrogen functional groups attached to an aromatic ring is 1. The molecule has 0 aliphatic carbocycles. The van der Waals surface area contributed by atoms with Crippen molar-refractivity contribution in [1.29, 1.82) is 0 Å². The molecule has 4 amide bonds. The number of nitrogens with two attached hydrogens (primary N) is 1. The van der Waals surface area contributed by atoms with Gasteiger partial charge in [-0.15, -0.1) is 0 Å². The maximum Gasteiger partial charge on any atom is 0.325 e. The van der Waals surface area contributed by atoms with Gasteiger partial charge >= 0.3 is 6.03 Å². The minimum atomic E-state index is -0.995. The maximum absolute atomic E-state index is 13.5. The van der Waals surface area contributed by atoms with E-state index in [2.05, 4.69) is 20.5 Å². The molecule has 12 nitrogen and oxygen atoms in total. The van der Waals surface area contributed by atoms with E-state index >= 15 is 0 Å². The SMILES string of the molecule is CC[C@@H](NC(=O)N1C(=O)[C@H](Cc2ccnc(N)c2)[C@H]1C(=O)N(C)c1ccn(C)n1)c1ccn(C)n1. The van der Waals surface area contributed by atoms with Crippen LogP contribution in [-0.4, -0.2) is 60.4 Å². The quantitative estimate of drug-likeness (QED) is 0.482. The van der Waals surface area contributed by atoms with Crippen LogP contribution >= 0.6 is 0 Å². The monoisotopic (exact) mass is 479 g/mol. The topological polar surface area (TPSA) is 144 Å². The van der Waals surface area contributed by atoms with Crippen LogP contribution in [0.1, 0.15) is 30.6 Å². The van der Waals surface area contributed by atoms with Gasteiger partial charge in [-0.05, 0) is 36.6 Å². The first-order chi connectivity index (χ1) is 16.7. The summed E-state index contributed by atoms with van der Waals surface area (Å²) in [6.45, 7) is 1.91. The lowest BCUT2D eigenvalue weighted by Crippen LogP contribution is -2.70. The number of nitrogens with one attached hydrogen (secondary N) is 1. The number of nitrogens with zero attached hydrogens (tertiary/aromatic N) is 7. The van der Waals surface area contributed by atoms with E-state index in [9.17, 15) is 14.4 Å². The van der Waals surface area contributed by atoms with Crippen molar-refractivity contribution in [3.63, 3.8) is 0 Å². The van der Waals surface area contributed by atoms with Crippen molar-refractivity contribution in [2.24, 2.45) is 20.0 Å². The average molecular weight is 480 g/mol. The Labute approximate surface area is 202 Å². The Hall–Kier alpha value is -4.22. The van der Waals surface area contributed by atoms with E-state index in [1.165, 1.54) is 4.90 Å². The van der Waals surface area contributed by atoms with Crippen LogP contribution in [0.5, 0.6) is 0 Å². The van der Waals surface area contributed by atoms with Gasteiger partial charge in [0.15, 0.2) is 5.82 Å². The zero-order valence-corrected chi connectivity index (χ0v) is 20.1. The predicted octanol–water partition coefficient (Wildman–Crippen LogP) is 1.02. The van der Waals surface area contributed by atoms with Crippen LogP contribution in [0.2, 0.25) is 0 Å². The molecule has 3 aromatic heterocycles. The molecule has 3 atom stereocenters. The van der Waals surface area contributed by atoms with Crippen molar-refractivity contribution >= 4 is 29.5 Å². The second-order valence-electron chi connectivity index (χ2n) is 8.62. The van der Waals surface area contributed by atoms with E-state index in [1.807, 2.05) is 6.92 Å². The molecule has 184 valence electrons. The van der Waals surface area contributed by atoms with Gasteiger partial charge in [0.25, 0.3) is 5.91 Å². The molecule has 1 saturated heterocycles. The number of hydrogen-bond donors (Lipinski definition) is 2. The number of β-lactam (4-membered cyclic amide) rings is 1. The summed E-state index contributed by atoms with van der Waals surface area (Å²) in [6, 6.07) is 4.87. The summed E-state index contributed by atoms with van der Waals surface area (Å²) >= 11 is 0. The molecule has 1 aliphatic heterocycles. The average Bonchev–Trinajstić information content (AvgIpc) is 3.46. The van der Waals surface area contributed by atoms with Crippen LogP contribution in [0.3, 0.4) is 0 Å². The Balaban J connectivity index is 1.59. The number of rotatable bonds is 7. The fraction of sp³-hybridized carbons (Fsp3) is 0.391. The number of hydrogen-bond acceptors (Lipinski definition) is 7. The normalized spacial score (nSPS) is 18.2. The van der Waals surface area contributed by atoms with Gasteiger partial charge in [-0.1, -0.05) is 6.92 Å². The number of amides is 4. The Morgan fingerprint density at radius 2 is 1.89 bits per heavy atom. The van der Waals surface area contributed by atoms with E-state index in [-0.39, 0.29) is 6.42 Å². The second-order valence-corrected chi connectivity index (χ2v) is 8.62. The lowest BCUT2D eigenvalue weighted by molar-refractivity contribution is -0.156. The Morgan fingerprint density at radius 3 is 2.49 bits per heavy atom. The Kier molecular flexibility index (Phi) is 6.54. The molecule has 0 spiro atoms. The zero-order valence-electron chi connectivity index (χ0n) is 20.1. The highest BCUT2D eigenvalue weighted by atomic mass is 16.2. The van der Waals surface area contributed by atoms with E-state index in [1.54, 1.807) is 73.4 Å². The van der Waals surface area contributed by atoms with Crippen LogP contribution in [0, 0.1) is 5.92 Å². The van der Waals surface area contributed by atoms with E-state index in [0.29, 0.717) is 23.8 Å². The maximum atomic E-state index is 13.5. The molecule has 35 heavy (non-hydrogen) atoms. The highest BCUT2D eigenvalue weighted by Crippen LogP contribution is 2.33. The van der Waals surface area contributed by atoms with Gasteiger partial charge in [0.1, 0.15) is 11.9 Å². The molecule has 4 heterocycles.